The van der Waals surface area contributed by atoms with E-state index in [0.29, 0.717) is 171 Å². The lowest BCUT2D eigenvalue weighted by molar-refractivity contribution is -0.140. The minimum atomic E-state index is -4.91. The van der Waals surface area contributed by atoms with E-state index in [0.717, 1.165) is 30.8 Å². The maximum atomic E-state index is 14.7. The third kappa shape index (κ3) is 26.9. The van der Waals surface area contributed by atoms with Crippen LogP contribution in [-0.4, -0.2) is 186 Å². The molecule has 5 aromatic heterocycles. The fourth-order valence-electron chi connectivity index (χ4n) is 16.6. The summed E-state index contributed by atoms with van der Waals surface area (Å²) in [5.41, 5.74) is 13.3. The van der Waals surface area contributed by atoms with Gasteiger partial charge in [-0.15, -0.1) is 0 Å². The number of carbonyl (C=O) groups excluding carboxylic acids is 4. The molecule has 1 fully saturated rings. The van der Waals surface area contributed by atoms with Gasteiger partial charge in [-0.3, -0.25) is 62.1 Å². The summed E-state index contributed by atoms with van der Waals surface area (Å²) in [4.78, 5) is 130. The van der Waals surface area contributed by atoms with Gasteiger partial charge in [-0.05, 0) is 253 Å². The van der Waals surface area contributed by atoms with Crippen LogP contribution in [0.2, 0.25) is 10.0 Å². The molecule has 6 heterocycles. The highest BCUT2D eigenvalue weighted by Gasteiger charge is 2.39. The number of morpholine rings is 1. The lowest BCUT2D eigenvalue weighted by Crippen LogP contribution is -2.46. The molecular formula is C105H106Cl2F8N16O11. The molecule has 3 atom stereocenters. The van der Waals surface area contributed by atoms with E-state index < -0.39 is 83.5 Å². The van der Waals surface area contributed by atoms with Gasteiger partial charge < -0.3 is 55.3 Å². The maximum absolute atomic E-state index is 14.7. The summed E-state index contributed by atoms with van der Waals surface area (Å²) >= 11 is 12.4. The van der Waals surface area contributed by atoms with Crippen LogP contribution in [0.15, 0.2) is 264 Å². The van der Waals surface area contributed by atoms with Crippen molar-refractivity contribution < 1.29 is 73.2 Å². The number of hydrogen-bond donors (Lipinski definition) is 3. The van der Waals surface area contributed by atoms with Crippen molar-refractivity contribution in [2.24, 2.45) is 11.5 Å². The quantitative estimate of drug-likeness (QED) is 0.0305. The Morgan fingerprint density at radius 2 is 0.824 bits per heavy atom. The second kappa shape index (κ2) is 49.3. The van der Waals surface area contributed by atoms with Crippen molar-refractivity contribution in [1.82, 2.24) is 68.4 Å². The van der Waals surface area contributed by atoms with Crippen molar-refractivity contribution in [3.05, 3.63) is 358 Å². The zero-order chi connectivity index (χ0) is 101. The summed E-state index contributed by atoms with van der Waals surface area (Å²) in [5.74, 6) is -1.78. The van der Waals surface area contributed by atoms with Gasteiger partial charge in [0.15, 0.2) is 0 Å². The second-order valence-corrected chi connectivity index (χ2v) is 34.3. The largest absolute Gasteiger partial charge is 0.494 e. The Kier molecular flexibility index (Phi) is 36.5. The van der Waals surface area contributed by atoms with Gasteiger partial charge >= 0.3 is 12.4 Å². The molecule has 3 unspecified atom stereocenters. The van der Waals surface area contributed by atoms with Crippen molar-refractivity contribution in [2.75, 3.05) is 99.5 Å². The molecule has 1 aliphatic rings. The maximum Gasteiger partial charge on any atom is 0.419 e. The monoisotopic (exact) mass is 1990 g/mol. The normalized spacial score (nSPS) is 12.9. The van der Waals surface area contributed by atoms with E-state index in [1.165, 1.54) is 18.9 Å². The van der Waals surface area contributed by atoms with Gasteiger partial charge in [-0.25, -0.2) is 23.7 Å². The molecule has 0 radical (unpaired) electrons. The molecule has 0 spiro atoms. The molecule has 15 rings (SSSR count). The van der Waals surface area contributed by atoms with Crippen LogP contribution in [0.25, 0.3) is 49.8 Å². The first-order valence-electron chi connectivity index (χ1n) is 46.0. The van der Waals surface area contributed by atoms with E-state index in [4.69, 9.17) is 68.6 Å². The highest BCUT2D eigenvalue weighted by molar-refractivity contribution is 6.42. The van der Waals surface area contributed by atoms with Gasteiger partial charge in [0.05, 0.1) is 148 Å². The molecule has 0 saturated carbocycles. The number of nitrogens with zero attached hydrogens (tertiary/aromatic N) is 13. The summed E-state index contributed by atoms with van der Waals surface area (Å²) < 4.78 is 136. The summed E-state index contributed by atoms with van der Waals surface area (Å²) in [6.07, 6.45) is -3.66. The Bertz CT molecular complexity index is 6890. The van der Waals surface area contributed by atoms with E-state index in [1.54, 1.807) is 194 Å². The standard InChI is InChI=1S/C38H38F4N6O4.C34H31F4N5O3.C33H37Cl2N5O4/c1-4-52-28-14-12-27(13-15-28)48-36(45-32-10-6-5-9-29(32)37(48)51)33(17-19-44-34(49)24-46(2)3)47(23-26-8-7-18-43-22-26)35(50)21-25-11-16-30(31(39)20-25)38(40,41)42;1-2-46-25-12-10-24(11-13-25)43-32(41-29-8-4-3-7-26(29)33(43)45)30(15-16-39)42(21-23-6-5-17-40-20-23)31(44)19-22-9-14-27(28(35)18-22)34(36,37)38;1-2-44-25-10-8-24(9-11-25)40-32(37-29-6-4-3-5-26(29)33(40)42)30(13-14-36)39(16-15-38-17-19-43-20-18-38)31(41)22-23-7-12-27(34)28(35)21-23/h5-16,18,20,22,33H,4,17,19,21,23-24H2,1-3H3,(H,44,49);3-14,17-18,20,30H,2,15-16,19,21,39H2,1H3;3-12,21,30H,2,13-20,22,36H2,1H3. The van der Waals surface area contributed by atoms with Gasteiger partial charge in [0.2, 0.25) is 23.6 Å². The topological polar surface area (TPSA) is 316 Å². The number of hydrogen-bond acceptors (Lipinski definition) is 20. The molecular weight excluding hydrogens is 1880 g/mol. The minimum Gasteiger partial charge on any atom is -0.494 e. The van der Waals surface area contributed by atoms with Crippen molar-refractivity contribution >= 4 is 79.5 Å². The van der Waals surface area contributed by atoms with Crippen LogP contribution in [0.3, 0.4) is 0 Å². The molecule has 0 bridgehead atoms. The van der Waals surface area contributed by atoms with Crippen LogP contribution in [0.4, 0.5) is 35.1 Å². The van der Waals surface area contributed by atoms with E-state index in [9.17, 15) is 68.7 Å². The zero-order valence-corrected chi connectivity index (χ0v) is 80.0. The van der Waals surface area contributed by atoms with Gasteiger partial charge in [0.25, 0.3) is 16.7 Å². The number of fused-ring (bicyclic) bond motifs is 3. The number of para-hydroxylation sites is 3. The summed E-state index contributed by atoms with van der Waals surface area (Å²) in [5, 5.41) is 4.84. The fourth-order valence-corrected chi connectivity index (χ4v) is 17.0. The molecule has 14 aromatic rings. The number of rotatable bonds is 37. The lowest BCUT2D eigenvalue weighted by Gasteiger charge is -2.35. The number of amides is 4. The number of alkyl halides is 6. The fraction of sp³-hybridized carbons (Fsp3) is 0.295. The Balaban J connectivity index is 0.000000180. The first kappa shape index (κ1) is 105. The summed E-state index contributed by atoms with van der Waals surface area (Å²) in [6, 6.07) is 56.3. The number of nitrogens with two attached hydrogens (primary N) is 2. The van der Waals surface area contributed by atoms with E-state index >= 15 is 0 Å². The average molecular weight is 1990 g/mol. The number of halogens is 10. The third-order valence-electron chi connectivity index (χ3n) is 23.3. The molecule has 27 nitrogen and oxygen atoms in total. The number of ether oxygens (including phenoxy) is 4. The number of likely N-dealkylation sites (N-methyl/N-ethyl adjacent to an activating group) is 1. The molecule has 5 N–H and O–H groups in total. The van der Waals surface area contributed by atoms with Crippen LogP contribution in [0.5, 0.6) is 17.2 Å². The van der Waals surface area contributed by atoms with Gasteiger partial charge in [-0.1, -0.05) is 89.9 Å². The Morgan fingerprint density at radius 3 is 1.18 bits per heavy atom. The van der Waals surface area contributed by atoms with Crippen LogP contribution < -0.4 is 47.7 Å². The van der Waals surface area contributed by atoms with E-state index in [-0.39, 0.29) is 104 Å². The van der Waals surface area contributed by atoms with Crippen molar-refractivity contribution in [2.45, 2.75) is 103 Å². The van der Waals surface area contributed by atoms with Gasteiger partial charge in [0, 0.05) is 70.6 Å². The smallest absolute Gasteiger partial charge is 0.419 e. The Hall–Kier alpha value is -14.2. The highest BCUT2D eigenvalue weighted by Crippen LogP contribution is 2.38. The van der Waals surface area contributed by atoms with Gasteiger partial charge in [-0.2, -0.15) is 26.3 Å². The van der Waals surface area contributed by atoms with Crippen LogP contribution >= 0.6 is 23.2 Å². The summed E-state index contributed by atoms with van der Waals surface area (Å²) in [7, 11) is 3.49. The highest BCUT2D eigenvalue weighted by atomic mass is 35.5. The molecule has 0 aliphatic carbocycles. The molecule has 742 valence electrons. The van der Waals surface area contributed by atoms with Crippen LogP contribution in [-0.2, 0) is 68.6 Å². The number of nitrogens with one attached hydrogen (secondary N) is 1. The molecule has 37 heteroatoms. The number of carbonyl (C=O) groups is 4. The van der Waals surface area contributed by atoms with Crippen molar-refractivity contribution in [3.63, 3.8) is 0 Å². The second-order valence-electron chi connectivity index (χ2n) is 33.5. The Morgan fingerprint density at radius 1 is 0.458 bits per heavy atom. The Labute approximate surface area is 823 Å². The van der Waals surface area contributed by atoms with Crippen molar-refractivity contribution in [3.8, 4) is 34.3 Å². The first-order chi connectivity index (χ1) is 68.3. The van der Waals surface area contributed by atoms with Crippen LogP contribution in [0, 0.1) is 11.6 Å². The lowest BCUT2D eigenvalue weighted by atomic mass is 10.0. The molecule has 142 heavy (non-hydrogen) atoms. The van der Waals surface area contributed by atoms with Crippen molar-refractivity contribution in [1.29, 1.82) is 0 Å². The zero-order valence-electron chi connectivity index (χ0n) is 78.5. The molecule has 4 amide bonds. The number of benzene rings is 9. The average Bonchev–Trinajstić information content (AvgIpc) is 0.761. The van der Waals surface area contributed by atoms with Crippen LogP contribution in [0.1, 0.15) is 115 Å². The molecule has 1 saturated heterocycles. The predicted octanol–water partition coefficient (Wildman–Crippen LogP) is 16.6. The minimum absolute atomic E-state index is 0.00638. The molecule has 9 aromatic carbocycles. The third-order valence-corrected chi connectivity index (χ3v) is 24.1. The number of aromatic nitrogens is 8. The predicted molar refractivity (Wildman–Crippen MR) is 526 cm³/mol. The SMILES string of the molecule is CCOc1ccc(-n2c(C(CCN)N(CCN3CCOCC3)C(=O)Cc3ccc(Cl)c(Cl)c3)nc3ccccc3c2=O)cc1.CCOc1ccc(-n2c(C(CCN)N(Cc3cccnc3)C(=O)Cc3ccc(C(F)(F)F)c(F)c3)nc3ccccc3c2=O)cc1.CCOc1ccc(-n2c(C(CCNC(=O)CN(C)C)N(Cc3cccnc3)C(=O)Cc3ccc(C(F)(F)F)c(F)c3)nc3ccccc3c2=O)cc1. The molecule has 1 aliphatic heterocycles. The first-order valence-corrected chi connectivity index (χ1v) is 46.8. The van der Waals surface area contributed by atoms with Gasteiger partial charge in [0.1, 0.15) is 46.4 Å². The number of pyridine rings is 2. The van der Waals surface area contributed by atoms with E-state index in [2.05, 4.69) is 20.2 Å². The van der Waals surface area contributed by atoms with E-state index in [1.807, 2.05) is 68.1 Å². The summed E-state index contributed by atoms with van der Waals surface area (Å²) in [6.45, 7) is 11.4.